The highest BCUT2D eigenvalue weighted by atomic mass is 16.6. The number of methoxy groups -OCH3 is 1. The number of nitrogens with zero attached hydrogens (tertiary/aromatic N) is 2. The molecule has 30 heavy (non-hydrogen) atoms. The van der Waals surface area contributed by atoms with Crippen LogP contribution in [0.15, 0.2) is 48.2 Å². The average molecular weight is 412 g/mol. The van der Waals surface area contributed by atoms with E-state index in [1.165, 1.54) is 55.7 Å². The lowest BCUT2D eigenvalue weighted by Gasteiger charge is -2.11. The van der Waals surface area contributed by atoms with Gasteiger partial charge >= 0.3 is 6.03 Å². The molecule has 3 N–H and O–H groups in total. The monoisotopic (exact) mass is 412 g/mol. The van der Waals surface area contributed by atoms with Crippen LogP contribution in [-0.4, -0.2) is 46.4 Å². The van der Waals surface area contributed by atoms with Gasteiger partial charge < -0.3 is 20.5 Å². The minimum atomic E-state index is -0.768. The number of carbonyl (C=O) groups is 3. The number of non-ortho nitro benzene ring substituents is 1. The number of rotatable bonds is 6. The number of benzene rings is 2. The quantitative estimate of drug-likeness (QED) is 0.283. The number of nitrogens with one attached hydrogen (secondary N) is 2. The smallest absolute Gasteiger partial charge is 0.329 e. The van der Waals surface area contributed by atoms with E-state index in [2.05, 4.69) is 10.6 Å². The van der Waals surface area contributed by atoms with Crippen molar-refractivity contribution < 1.29 is 29.2 Å². The summed E-state index contributed by atoms with van der Waals surface area (Å²) in [7, 11) is 1.37. The number of imide groups is 1. The second-order valence-corrected chi connectivity index (χ2v) is 6.16. The van der Waals surface area contributed by atoms with Crippen LogP contribution in [0.3, 0.4) is 0 Å². The molecule has 3 rings (SSSR count). The first-order valence-electron chi connectivity index (χ1n) is 8.54. The normalized spacial score (nSPS) is 14.6. The molecule has 1 heterocycles. The van der Waals surface area contributed by atoms with E-state index in [1.54, 1.807) is 0 Å². The third kappa shape index (κ3) is 4.35. The Morgan fingerprint density at radius 3 is 2.60 bits per heavy atom. The largest absolute Gasteiger partial charge is 0.504 e. The molecular weight excluding hydrogens is 396 g/mol. The number of ether oxygens (including phenoxy) is 1. The van der Waals surface area contributed by atoms with Crippen LogP contribution in [0.1, 0.15) is 5.56 Å². The van der Waals surface area contributed by atoms with Crippen LogP contribution in [0, 0.1) is 10.1 Å². The van der Waals surface area contributed by atoms with Gasteiger partial charge in [-0.05, 0) is 35.9 Å². The summed E-state index contributed by atoms with van der Waals surface area (Å²) < 4.78 is 5.00. The van der Waals surface area contributed by atoms with Crippen molar-refractivity contribution in [2.75, 3.05) is 19.0 Å². The maximum atomic E-state index is 12.5. The van der Waals surface area contributed by atoms with Crippen LogP contribution in [0.2, 0.25) is 0 Å². The zero-order valence-electron chi connectivity index (χ0n) is 15.6. The molecule has 11 heteroatoms. The van der Waals surface area contributed by atoms with E-state index < -0.39 is 29.3 Å². The third-order valence-corrected chi connectivity index (χ3v) is 4.14. The van der Waals surface area contributed by atoms with E-state index in [1.807, 2.05) is 0 Å². The van der Waals surface area contributed by atoms with Crippen molar-refractivity contribution in [2.45, 2.75) is 0 Å². The molecule has 1 aliphatic heterocycles. The summed E-state index contributed by atoms with van der Waals surface area (Å²) >= 11 is 0. The number of anilines is 1. The molecule has 0 saturated carbocycles. The zero-order valence-corrected chi connectivity index (χ0v) is 15.6. The molecule has 0 spiro atoms. The topological polar surface area (TPSA) is 151 Å². The van der Waals surface area contributed by atoms with Crippen molar-refractivity contribution >= 4 is 35.3 Å². The molecule has 4 amide bonds. The van der Waals surface area contributed by atoms with E-state index in [-0.39, 0.29) is 28.6 Å². The molecule has 0 bridgehead atoms. The fraction of sp³-hybridized carbons (Fsp3) is 0.105. The van der Waals surface area contributed by atoms with Gasteiger partial charge in [0.15, 0.2) is 11.5 Å². The maximum Gasteiger partial charge on any atom is 0.329 e. The number of amides is 4. The van der Waals surface area contributed by atoms with Crippen molar-refractivity contribution in [1.82, 2.24) is 10.2 Å². The fourth-order valence-electron chi connectivity index (χ4n) is 2.68. The van der Waals surface area contributed by atoms with Crippen LogP contribution in [0.25, 0.3) is 6.08 Å². The Balaban J connectivity index is 1.68. The summed E-state index contributed by atoms with van der Waals surface area (Å²) in [5.74, 6) is -1.24. The van der Waals surface area contributed by atoms with Gasteiger partial charge in [0, 0.05) is 17.8 Å². The van der Waals surface area contributed by atoms with E-state index in [0.29, 0.717) is 5.56 Å². The van der Waals surface area contributed by atoms with Crippen molar-refractivity contribution in [3.05, 3.63) is 63.8 Å². The number of hydrogen-bond acceptors (Lipinski definition) is 7. The molecule has 0 aromatic heterocycles. The summed E-state index contributed by atoms with van der Waals surface area (Å²) in [5, 5.41) is 25.1. The molecule has 2 aromatic rings. The number of hydrogen-bond donors (Lipinski definition) is 3. The molecule has 2 aromatic carbocycles. The Kier molecular flexibility index (Phi) is 5.63. The van der Waals surface area contributed by atoms with E-state index in [9.17, 15) is 29.6 Å². The first kappa shape index (κ1) is 20.3. The van der Waals surface area contributed by atoms with E-state index in [4.69, 9.17) is 4.74 Å². The van der Waals surface area contributed by atoms with Gasteiger partial charge in [0.25, 0.3) is 11.6 Å². The van der Waals surface area contributed by atoms with Crippen molar-refractivity contribution in [3.8, 4) is 11.5 Å². The maximum absolute atomic E-state index is 12.5. The summed E-state index contributed by atoms with van der Waals surface area (Å²) in [5.41, 5.74) is 0.591. The van der Waals surface area contributed by atoms with Crippen molar-refractivity contribution in [3.63, 3.8) is 0 Å². The highest BCUT2D eigenvalue weighted by Crippen LogP contribution is 2.27. The fourth-order valence-corrected chi connectivity index (χ4v) is 2.68. The van der Waals surface area contributed by atoms with Gasteiger partial charge in [0.1, 0.15) is 12.2 Å². The lowest BCUT2D eigenvalue weighted by Crippen LogP contribution is -2.38. The number of aromatic hydroxyl groups is 1. The van der Waals surface area contributed by atoms with Gasteiger partial charge in [-0.15, -0.1) is 0 Å². The van der Waals surface area contributed by atoms with Crippen molar-refractivity contribution in [1.29, 1.82) is 0 Å². The molecule has 0 radical (unpaired) electrons. The molecule has 11 nitrogen and oxygen atoms in total. The van der Waals surface area contributed by atoms with Gasteiger partial charge in [-0.2, -0.15) is 0 Å². The molecule has 1 aliphatic rings. The second-order valence-electron chi connectivity index (χ2n) is 6.16. The Morgan fingerprint density at radius 2 is 1.97 bits per heavy atom. The van der Waals surface area contributed by atoms with Crippen LogP contribution in [0.5, 0.6) is 11.5 Å². The molecule has 0 atom stereocenters. The first-order chi connectivity index (χ1) is 14.3. The Bertz CT molecular complexity index is 1060. The molecule has 1 fully saturated rings. The number of nitro groups is 1. The van der Waals surface area contributed by atoms with Crippen LogP contribution in [0.4, 0.5) is 16.2 Å². The molecular formula is C19H16N4O7. The minimum Gasteiger partial charge on any atom is -0.504 e. The number of phenolic OH excluding ortho intramolecular Hbond substituents is 1. The molecule has 0 unspecified atom stereocenters. The van der Waals surface area contributed by atoms with E-state index >= 15 is 0 Å². The van der Waals surface area contributed by atoms with E-state index in [0.717, 1.165) is 4.90 Å². The molecule has 1 saturated heterocycles. The van der Waals surface area contributed by atoms with Gasteiger partial charge in [0.2, 0.25) is 5.91 Å². The average Bonchev–Trinajstić information content (AvgIpc) is 2.97. The number of phenols is 1. The minimum absolute atomic E-state index is 0.0455. The number of urea groups is 1. The lowest BCUT2D eigenvalue weighted by molar-refractivity contribution is -0.384. The summed E-state index contributed by atoms with van der Waals surface area (Å²) in [6.07, 6.45) is 1.39. The summed E-state index contributed by atoms with van der Waals surface area (Å²) in [4.78, 5) is 47.6. The highest BCUT2D eigenvalue weighted by molar-refractivity contribution is 6.15. The predicted octanol–water partition coefficient (Wildman–Crippen LogP) is 1.84. The lowest BCUT2D eigenvalue weighted by atomic mass is 10.1. The summed E-state index contributed by atoms with van der Waals surface area (Å²) in [6.45, 7) is -0.544. The van der Waals surface area contributed by atoms with Gasteiger partial charge in [-0.1, -0.05) is 6.07 Å². The van der Waals surface area contributed by atoms with Gasteiger partial charge in [0.05, 0.1) is 12.0 Å². The van der Waals surface area contributed by atoms with Gasteiger partial charge in [-0.3, -0.25) is 19.7 Å². The van der Waals surface area contributed by atoms with Gasteiger partial charge in [-0.25, -0.2) is 9.69 Å². The van der Waals surface area contributed by atoms with Crippen molar-refractivity contribution in [2.24, 2.45) is 0 Å². The van der Waals surface area contributed by atoms with Crippen LogP contribution >= 0.6 is 0 Å². The summed E-state index contributed by atoms with van der Waals surface area (Å²) in [6, 6.07) is 8.72. The Hall–Kier alpha value is -4.41. The predicted molar refractivity (Wildman–Crippen MR) is 105 cm³/mol. The standard InChI is InChI=1S/C19H16N4O7/c1-30-16-9-11(2-7-15(16)24)8-14-18(26)22(19(27)21-14)10-17(25)20-12-3-5-13(6-4-12)23(28)29/h2-9,24H,10H2,1H3,(H,20,25)(H,21,27)/b14-8-. The van der Waals surface area contributed by atoms with Crippen LogP contribution < -0.4 is 15.4 Å². The Morgan fingerprint density at radius 1 is 1.27 bits per heavy atom. The third-order valence-electron chi connectivity index (χ3n) is 4.14. The molecule has 0 aliphatic carbocycles. The zero-order chi connectivity index (χ0) is 21.8. The Labute approximate surface area is 169 Å². The second kappa shape index (κ2) is 8.31. The molecule has 154 valence electrons. The van der Waals surface area contributed by atoms with Crippen LogP contribution in [-0.2, 0) is 9.59 Å². The number of nitro benzene ring substituents is 1. The highest BCUT2D eigenvalue weighted by Gasteiger charge is 2.35. The SMILES string of the molecule is COc1cc(/C=C2\NC(=O)N(CC(=O)Nc3ccc([N+](=O)[O-])cc3)C2=O)ccc1O. The first-order valence-corrected chi connectivity index (χ1v) is 8.54. The number of carbonyl (C=O) groups excluding carboxylic acids is 3.